The Morgan fingerprint density at radius 1 is 1.00 bits per heavy atom. The maximum Gasteiger partial charge on any atom is 0.410 e. The van der Waals surface area contributed by atoms with Gasteiger partial charge >= 0.3 is 6.09 Å². The van der Waals surface area contributed by atoms with Gasteiger partial charge in [-0.1, -0.05) is 55.8 Å². The molecule has 3 heterocycles. The van der Waals surface area contributed by atoms with Crippen LogP contribution in [0.1, 0.15) is 71.9 Å². The fourth-order valence-corrected chi connectivity index (χ4v) is 5.64. The Balaban J connectivity index is 1.34. The molecule has 0 atom stereocenters. The van der Waals surface area contributed by atoms with Crippen molar-refractivity contribution in [3.8, 4) is 5.69 Å². The van der Waals surface area contributed by atoms with E-state index >= 15 is 0 Å². The van der Waals surface area contributed by atoms with Crippen molar-refractivity contribution in [1.82, 2.24) is 28.8 Å². The van der Waals surface area contributed by atoms with Crippen LogP contribution in [-0.2, 0) is 22.5 Å². The molecule has 1 aliphatic heterocycles. The van der Waals surface area contributed by atoms with Crippen LogP contribution in [0.4, 0.5) is 4.79 Å². The van der Waals surface area contributed by atoms with E-state index in [2.05, 4.69) is 17.2 Å². The highest BCUT2D eigenvalue weighted by molar-refractivity contribution is 7.13. The average Bonchev–Trinajstić information content (AvgIpc) is 3.49. The van der Waals surface area contributed by atoms with E-state index in [1.807, 2.05) is 39.1 Å². The van der Waals surface area contributed by atoms with Crippen molar-refractivity contribution in [2.45, 2.75) is 84.8 Å². The lowest BCUT2D eigenvalue weighted by molar-refractivity contribution is -0.133. The van der Waals surface area contributed by atoms with Gasteiger partial charge in [0, 0.05) is 26.2 Å². The summed E-state index contributed by atoms with van der Waals surface area (Å²) in [4.78, 5) is 41.6. The number of ether oxygens (including phenoxy) is 1. The van der Waals surface area contributed by atoms with Crippen LogP contribution < -0.4 is 5.56 Å². The van der Waals surface area contributed by atoms with E-state index in [9.17, 15) is 14.4 Å². The van der Waals surface area contributed by atoms with Gasteiger partial charge in [0.25, 0.3) is 5.56 Å². The highest BCUT2D eigenvalue weighted by atomic mass is 32.1. The molecule has 3 aromatic rings. The molecule has 1 aliphatic rings. The predicted molar refractivity (Wildman–Crippen MR) is 152 cm³/mol. The number of piperazine rings is 1. The van der Waals surface area contributed by atoms with Gasteiger partial charge in [0.05, 0.1) is 27.7 Å². The molecule has 0 saturated carbocycles. The number of amides is 2. The number of aryl methyl sites for hydroxylation is 1. The van der Waals surface area contributed by atoms with Crippen LogP contribution >= 0.6 is 11.5 Å². The van der Waals surface area contributed by atoms with Gasteiger partial charge in [0.15, 0.2) is 0 Å². The van der Waals surface area contributed by atoms with Gasteiger partial charge in [-0.05, 0) is 51.8 Å². The molecule has 1 fully saturated rings. The first kappa shape index (κ1) is 28.8. The summed E-state index contributed by atoms with van der Waals surface area (Å²) in [5.41, 5.74) is 1.07. The van der Waals surface area contributed by atoms with Gasteiger partial charge in [-0.25, -0.2) is 9.48 Å². The smallest absolute Gasteiger partial charge is 0.410 e. The van der Waals surface area contributed by atoms with E-state index < -0.39 is 5.60 Å². The second kappa shape index (κ2) is 12.8. The lowest BCUT2D eigenvalue weighted by Crippen LogP contribution is -2.52. The fourth-order valence-electron chi connectivity index (χ4n) is 4.62. The zero-order valence-corrected chi connectivity index (χ0v) is 24.3. The molecule has 11 heteroatoms. The average molecular weight is 557 g/mol. The zero-order chi connectivity index (χ0) is 28.0. The first-order valence-electron chi connectivity index (χ1n) is 14.0. The minimum absolute atomic E-state index is 0.0221. The third kappa shape index (κ3) is 7.68. The van der Waals surface area contributed by atoms with Gasteiger partial charge in [-0.2, -0.15) is 0 Å². The second-order valence-corrected chi connectivity index (χ2v) is 12.2. The molecule has 0 aliphatic carbocycles. The molecule has 2 aromatic heterocycles. The number of aromatic nitrogens is 4. The lowest BCUT2D eigenvalue weighted by atomic mass is 10.1. The molecule has 0 unspecified atom stereocenters. The highest BCUT2D eigenvalue weighted by Gasteiger charge is 2.28. The van der Waals surface area contributed by atoms with E-state index in [0.717, 1.165) is 28.9 Å². The second-order valence-electron chi connectivity index (χ2n) is 11.1. The number of fused-ring (bicyclic) bond motifs is 1. The Labute approximate surface area is 233 Å². The number of nitrogens with zero attached hydrogens (tertiary/aromatic N) is 6. The maximum absolute atomic E-state index is 13.0. The molecule has 0 bridgehead atoms. The fraction of sp³-hybridized carbons (Fsp3) is 0.607. The van der Waals surface area contributed by atoms with Crippen molar-refractivity contribution in [3.63, 3.8) is 0 Å². The monoisotopic (exact) mass is 556 g/mol. The standard InChI is InChI=1S/C28H40N6O4S/c1-5-6-7-8-9-10-11-21-19-33(30-29-21)22-12-13-23-24(18-22)39-34(26(23)36)20-25(35)31-14-16-32(17-15-31)27(37)38-28(2,3)4/h12-13,18-19H,5-11,14-17,20H2,1-4H3. The largest absolute Gasteiger partial charge is 0.444 e. The van der Waals surface area contributed by atoms with Crippen molar-refractivity contribution >= 4 is 33.6 Å². The van der Waals surface area contributed by atoms with E-state index in [4.69, 9.17) is 4.74 Å². The SMILES string of the molecule is CCCCCCCCc1cn(-c2ccc3c(=O)n(CC(=O)N4CCN(C(=O)OC(C)(C)C)CC4)sc3c2)nn1. The molecule has 212 valence electrons. The molecule has 0 N–H and O–H groups in total. The van der Waals surface area contributed by atoms with Crippen LogP contribution in [0.3, 0.4) is 0 Å². The summed E-state index contributed by atoms with van der Waals surface area (Å²) >= 11 is 1.28. The Kier molecular flexibility index (Phi) is 9.42. The molecule has 1 aromatic carbocycles. The summed E-state index contributed by atoms with van der Waals surface area (Å²) in [5, 5.41) is 9.19. The van der Waals surface area contributed by atoms with Crippen molar-refractivity contribution in [3.05, 3.63) is 40.4 Å². The minimum atomic E-state index is -0.560. The number of rotatable bonds is 10. The van der Waals surface area contributed by atoms with Crippen LogP contribution in [0, 0.1) is 0 Å². The molecule has 10 nitrogen and oxygen atoms in total. The van der Waals surface area contributed by atoms with Crippen LogP contribution in [-0.4, -0.2) is 72.5 Å². The van der Waals surface area contributed by atoms with Gasteiger partial charge in [-0.15, -0.1) is 5.10 Å². The number of unbranched alkanes of at least 4 members (excludes halogenated alkanes) is 5. The van der Waals surface area contributed by atoms with Crippen LogP contribution in [0.25, 0.3) is 15.8 Å². The van der Waals surface area contributed by atoms with Gasteiger partial charge < -0.3 is 14.5 Å². The van der Waals surface area contributed by atoms with Gasteiger partial charge in [0.2, 0.25) is 5.91 Å². The topological polar surface area (TPSA) is 103 Å². The van der Waals surface area contributed by atoms with Gasteiger partial charge in [0.1, 0.15) is 12.1 Å². The first-order chi connectivity index (χ1) is 18.6. The van der Waals surface area contributed by atoms with E-state index in [1.54, 1.807) is 20.5 Å². The van der Waals surface area contributed by atoms with Gasteiger partial charge in [-0.3, -0.25) is 13.5 Å². The third-order valence-electron chi connectivity index (χ3n) is 6.79. The van der Waals surface area contributed by atoms with Crippen LogP contribution in [0.5, 0.6) is 0 Å². The molecule has 1 saturated heterocycles. The Bertz CT molecular complexity index is 1330. The summed E-state index contributed by atoms with van der Waals surface area (Å²) in [6.45, 7) is 9.33. The third-order valence-corrected chi connectivity index (χ3v) is 7.84. The van der Waals surface area contributed by atoms with E-state index in [0.29, 0.717) is 31.6 Å². The quantitative estimate of drug-likeness (QED) is 0.338. The molecular weight excluding hydrogens is 516 g/mol. The summed E-state index contributed by atoms with van der Waals surface area (Å²) in [6.07, 6.45) is 9.91. The van der Waals surface area contributed by atoms with E-state index in [-0.39, 0.29) is 24.1 Å². The first-order valence-corrected chi connectivity index (χ1v) is 14.7. The summed E-state index contributed by atoms with van der Waals surface area (Å²) in [5.74, 6) is -0.136. The molecule has 4 rings (SSSR count). The number of hydrogen-bond donors (Lipinski definition) is 0. The highest BCUT2D eigenvalue weighted by Crippen LogP contribution is 2.21. The Morgan fingerprint density at radius 2 is 1.69 bits per heavy atom. The summed E-state index contributed by atoms with van der Waals surface area (Å²) < 4.78 is 9.47. The number of carbonyl (C=O) groups excluding carboxylic acids is 2. The molecule has 0 radical (unpaired) electrons. The Hall–Kier alpha value is -3.21. The molecule has 2 amide bonds. The van der Waals surface area contributed by atoms with Crippen LogP contribution in [0.2, 0.25) is 0 Å². The summed E-state index contributed by atoms with van der Waals surface area (Å²) in [7, 11) is 0. The molecule has 39 heavy (non-hydrogen) atoms. The number of hydrogen-bond acceptors (Lipinski definition) is 7. The van der Waals surface area contributed by atoms with Crippen molar-refractivity contribution in [2.75, 3.05) is 26.2 Å². The minimum Gasteiger partial charge on any atom is -0.444 e. The van der Waals surface area contributed by atoms with Crippen molar-refractivity contribution in [1.29, 1.82) is 0 Å². The lowest BCUT2D eigenvalue weighted by Gasteiger charge is -2.35. The zero-order valence-electron chi connectivity index (χ0n) is 23.5. The van der Waals surface area contributed by atoms with Crippen LogP contribution in [0.15, 0.2) is 29.2 Å². The van der Waals surface area contributed by atoms with Crippen molar-refractivity contribution < 1.29 is 14.3 Å². The van der Waals surface area contributed by atoms with Crippen molar-refractivity contribution in [2.24, 2.45) is 0 Å². The molecule has 0 spiro atoms. The number of benzene rings is 1. The van der Waals surface area contributed by atoms with E-state index in [1.165, 1.54) is 47.6 Å². The normalized spacial score (nSPS) is 14.3. The Morgan fingerprint density at radius 3 is 2.41 bits per heavy atom. The molecular formula is C28H40N6O4S. The number of carbonyl (C=O) groups is 2. The maximum atomic E-state index is 13.0. The summed E-state index contributed by atoms with van der Waals surface area (Å²) in [6, 6.07) is 5.58. The predicted octanol–water partition coefficient (Wildman–Crippen LogP) is 4.63.